The molecule has 0 aliphatic carbocycles. The molecular formula is C14H18N2O6. The Morgan fingerprint density at radius 2 is 2.14 bits per heavy atom. The van der Waals surface area contributed by atoms with Gasteiger partial charge in [0.15, 0.2) is 11.8 Å². The molecule has 0 amide bonds. The maximum atomic E-state index is 12.0. The number of ether oxygens (including phenoxy) is 1. The normalized spacial score (nSPS) is 32.4. The Balaban J connectivity index is 2.64. The van der Waals surface area contributed by atoms with E-state index in [-0.39, 0.29) is 5.69 Å². The van der Waals surface area contributed by atoms with Crippen LogP contribution in [0.1, 0.15) is 25.8 Å². The van der Waals surface area contributed by atoms with Crippen LogP contribution in [0.5, 0.6) is 0 Å². The number of aliphatic hydroxyl groups is 3. The highest BCUT2D eigenvalue weighted by atomic mass is 16.6. The monoisotopic (exact) mass is 310 g/mol. The lowest BCUT2D eigenvalue weighted by Gasteiger charge is -2.27. The molecule has 0 saturated carbocycles. The molecule has 0 radical (unpaired) electrons. The SMILES string of the molecule is CC#CC1(O)[C@@H](O)[C@@H]([C@H](C)O)O[C@H]1n1c(C)cc(=O)[nH]c1=O. The number of rotatable bonds is 2. The van der Waals surface area contributed by atoms with E-state index >= 15 is 0 Å². The molecule has 8 heteroatoms. The second-order valence-electron chi connectivity index (χ2n) is 5.29. The lowest BCUT2D eigenvalue weighted by molar-refractivity contribution is -0.0892. The first kappa shape index (κ1) is 16.5. The van der Waals surface area contributed by atoms with Crippen LogP contribution in [0.25, 0.3) is 0 Å². The van der Waals surface area contributed by atoms with Crippen LogP contribution in [-0.2, 0) is 4.74 Å². The van der Waals surface area contributed by atoms with Crippen molar-refractivity contribution in [1.82, 2.24) is 9.55 Å². The maximum absolute atomic E-state index is 12.0. The molecule has 8 nitrogen and oxygen atoms in total. The van der Waals surface area contributed by atoms with Crippen LogP contribution in [0.2, 0.25) is 0 Å². The summed E-state index contributed by atoms with van der Waals surface area (Å²) in [5, 5.41) is 30.6. The Labute approximate surface area is 126 Å². The Morgan fingerprint density at radius 1 is 1.50 bits per heavy atom. The largest absolute Gasteiger partial charge is 0.391 e. The van der Waals surface area contributed by atoms with Crippen molar-refractivity contribution in [1.29, 1.82) is 0 Å². The second kappa shape index (κ2) is 5.70. The first-order valence-electron chi connectivity index (χ1n) is 6.72. The van der Waals surface area contributed by atoms with Crippen LogP contribution in [0.3, 0.4) is 0 Å². The smallest absolute Gasteiger partial charge is 0.330 e. The van der Waals surface area contributed by atoms with Crippen molar-refractivity contribution in [2.24, 2.45) is 0 Å². The Bertz CT molecular complexity index is 740. The van der Waals surface area contributed by atoms with Gasteiger partial charge < -0.3 is 20.1 Å². The summed E-state index contributed by atoms with van der Waals surface area (Å²) < 4.78 is 6.48. The third kappa shape index (κ3) is 2.48. The van der Waals surface area contributed by atoms with Crippen molar-refractivity contribution < 1.29 is 20.1 Å². The van der Waals surface area contributed by atoms with Gasteiger partial charge in [0.25, 0.3) is 5.56 Å². The first-order valence-corrected chi connectivity index (χ1v) is 6.72. The number of aliphatic hydroxyl groups excluding tert-OH is 2. The quantitative estimate of drug-likeness (QED) is 0.480. The molecule has 120 valence electrons. The van der Waals surface area contributed by atoms with Gasteiger partial charge in [-0.05, 0) is 20.8 Å². The third-order valence-corrected chi connectivity index (χ3v) is 3.63. The fourth-order valence-corrected chi connectivity index (χ4v) is 2.61. The average molecular weight is 310 g/mol. The van der Waals surface area contributed by atoms with E-state index in [4.69, 9.17) is 4.74 Å². The summed E-state index contributed by atoms with van der Waals surface area (Å²) in [5.74, 6) is 4.92. The number of aromatic nitrogens is 2. The number of aryl methyl sites for hydroxylation is 1. The average Bonchev–Trinajstić information content (AvgIpc) is 2.63. The summed E-state index contributed by atoms with van der Waals surface area (Å²) in [5.41, 5.74) is -3.25. The maximum Gasteiger partial charge on any atom is 0.330 e. The van der Waals surface area contributed by atoms with E-state index in [1.54, 1.807) is 0 Å². The van der Waals surface area contributed by atoms with Crippen molar-refractivity contribution in [2.75, 3.05) is 0 Å². The summed E-state index contributed by atoms with van der Waals surface area (Å²) in [6, 6.07) is 1.16. The first-order chi connectivity index (χ1) is 10.2. The van der Waals surface area contributed by atoms with E-state index < -0.39 is 41.4 Å². The molecule has 5 atom stereocenters. The Morgan fingerprint density at radius 3 is 2.64 bits per heavy atom. The fourth-order valence-electron chi connectivity index (χ4n) is 2.61. The molecule has 1 aromatic rings. The molecule has 4 N–H and O–H groups in total. The van der Waals surface area contributed by atoms with Gasteiger partial charge in [0, 0.05) is 11.8 Å². The van der Waals surface area contributed by atoms with Gasteiger partial charge in [0.1, 0.15) is 12.2 Å². The summed E-state index contributed by atoms with van der Waals surface area (Å²) in [6.45, 7) is 4.33. The van der Waals surface area contributed by atoms with Crippen molar-refractivity contribution >= 4 is 0 Å². The number of H-pyrrole nitrogens is 1. The van der Waals surface area contributed by atoms with E-state index in [0.29, 0.717) is 0 Å². The number of aromatic amines is 1. The minimum absolute atomic E-state index is 0.230. The summed E-state index contributed by atoms with van der Waals surface area (Å²) in [7, 11) is 0. The van der Waals surface area contributed by atoms with Gasteiger partial charge in [-0.2, -0.15) is 0 Å². The number of nitrogens with one attached hydrogen (secondary N) is 1. The number of nitrogens with zero attached hydrogens (tertiary/aromatic N) is 1. The van der Waals surface area contributed by atoms with E-state index in [2.05, 4.69) is 16.8 Å². The van der Waals surface area contributed by atoms with Crippen molar-refractivity contribution in [3.05, 3.63) is 32.6 Å². The Kier molecular flexibility index (Phi) is 4.26. The highest BCUT2D eigenvalue weighted by Crippen LogP contribution is 2.39. The lowest BCUT2D eigenvalue weighted by atomic mass is 9.92. The Hall–Kier alpha value is -1.92. The van der Waals surface area contributed by atoms with Gasteiger partial charge in [-0.1, -0.05) is 5.92 Å². The highest BCUT2D eigenvalue weighted by molar-refractivity contribution is 5.23. The minimum Gasteiger partial charge on any atom is -0.391 e. The molecule has 0 spiro atoms. The van der Waals surface area contributed by atoms with Crippen LogP contribution in [-0.4, -0.2) is 48.8 Å². The minimum atomic E-state index is -2.09. The molecule has 1 aromatic heterocycles. The summed E-state index contributed by atoms with van der Waals surface area (Å²) in [4.78, 5) is 25.4. The van der Waals surface area contributed by atoms with E-state index in [1.807, 2.05) is 0 Å². The van der Waals surface area contributed by atoms with Crippen LogP contribution in [0.15, 0.2) is 15.7 Å². The zero-order chi connectivity index (χ0) is 16.7. The zero-order valence-corrected chi connectivity index (χ0v) is 12.4. The topological polar surface area (TPSA) is 125 Å². The fraction of sp³-hybridized carbons (Fsp3) is 0.571. The van der Waals surface area contributed by atoms with E-state index in [1.165, 1.54) is 20.8 Å². The van der Waals surface area contributed by atoms with Gasteiger partial charge in [-0.3, -0.25) is 14.3 Å². The molecule has 1 unspecified atom stereocenters. The van der Waals surface area contributed by atoms with Gasteiger partial charge in [-0.25, -0.2) is 4.79 Å². The predicted molar refractivity (Wildman–Crippen MR) is 76.1 cm³/mol. The molecule has 1 aliphatic rings. The van der Waals surface area contributed by atoms with Gasteiger partial charge in [0.05, 0.1) is 6.10 Å². The van der Waals surface area contributed by atoms with E-state index in [9.17, 15) is 24.9 Å². The third-order valence-electron chi connectivity index (χ3n) is 3.63. The molecule has 22 heavy (non-hydrogen) atoms. The molecule has 1 fully saturated rings. The molecule has 0 aromatic carbocycles. The van der Waals surface area contributed by atoms with Gasteiger partial charge >= 0.3 is 5.69 Å². The predicted octanol–water partition coefficient (Wildman–Crippen LogP) is -1.76. The van der Waals surface area contributed by atoms with E-state index in [0.717, 1.165) is 10.6 Å². The van der Waals surface area contributed by atoms with Crippen LogP contribution in [0, 0.1) is 18.8 Å². The van der Waals surface area contributed by atoms with Gasteiger partial charge in [0.2, 0.25) is 0 Å². The van der Waals surface area contributed by atoms with Crippen molar-refractivity contribution in [3.8, 4) is 11.8 Å². The van der Waals surface area contributed by atoms with Crippen LogP contribution in [0.4, 0.5) is 0 Å². The summed E-state index contributed by atoms with van der Waals surface area (Å²) >= 11 is 0. The second-order valence-corrected chi connectivity index (χ2v) is 5.29. The van der Waals surface area contributed by atoms with Gasteiger partial charge in [-0.15, -0.1) is 5.92 Å². The highest BCUT2D eigenvalue weighted by Gasteiger charge is 2.57. The molecule has 2 heterocycles. The molecule has 1 aliphatic heterocycles. The van der Waals surface area contributed by atoms with Crippen LogP contribution < -0.4 is 11.2 Å². The standard InChI is InChI=1S/C14H18N2O6/c1-4-5-14(21)11(19)10(8(3)17)22-12(14)16-7(2)6-9(18)15-13(16)20/h6,8,10-12,17,19,21H,1-3H3,(H,15,18,20)/t8-,10+,11-,12+,14?/m0/s1. The zero-order valence-electron chi connectivity index (χ0n) is 12.4. The lowest BCUT2D eigenvalue weighted by Crippen LogP contribution is -2.49. The van der Waals surface area contributed by atoms with Crippen LogP contribution >= 0.6 is 0 Å². The summed E-state index contributed by atoms with van der Waals surface area (Å²) in [6.07, 6.45) is -5.11. The number of hydrogen-bond acceptors (Lipinski definition) is 6. The van der Waals surface area contributed by atoms with Crippen molar-refractivity contribution in [3.63, 3.8) is 0 Å². The molecular weight excluding hydrogens is 292 g/mol. The number of hydrogen-bond donors (Lipinski definition) is 4. The van der Waals surface area contributed by atoms with Crippen molar-refractivity contribution in [2.45, 2.75) is 50.9 Å². The molecule has 0 bridgehead atoms. The molecule has 1 saturated heterocycles. The molecule has 2 rings (SSSR count).